The fraction of sp³-hybridized carbons (Fsp3) is 0.778. The molecule has 0 atom stereocenters. The monoisotopic (exact) mass is 246 g/mol. The highest BCUT2D eigenvalue weighted by molar-refractivity contribution is 7.89. The maximum atomic E-state index is 11.4. The van der Waals surface area contributed by atoms with Crippen LogP contribution in [0.4, 0.5) is 0 Å². The summed E-state index contributed by atoms with van der Waals surface area (Å²) in [6, 6.07) is 0. The Hall–Kier alpha value is -0.950. The van der Waals surface area contributed by atoms with Crippen molar-refractivity contribution in [1.82, 2.24) is 14.8 Å². The van der Waals surface area contributed by atoms with Crippen molar-refractivity contribution in [2.45, 2.75) is 51.2 Å². The molecule has 0 saturated carbocycles. The van der Waals surface area contributed by atoms with E-state index in [-0.39, 0.29) is 11.1 Å². The Morgan fingerprint density at radius 1 is 1.25 bits per heavy atom. The lowest BCUT2D eigenvalue weighted by molar-refractivity contribution is 0.345. The van der Waals surface area contributed by atoms with Crippen LogP contribution in [-0.4, -0.2) is 23.2 Å². The second kappa shape index (κ2) is 3.81. The molecule has 0 radical (unpaired) electrons. The molecule has 0 fully saturated rings. The van der Waals surface area contributed by atoms with Gasteiger partial charge in [-0.2, -0.15) is 0 Å². The van der Waals surface area contributed by atoms with Gasteiger partial charge in [-0.15, -0.1) is 10.2 Å². The van der Waals surface area contributed by atoms with Crippen molar-refractivity contribution in [3.63, 3.8) is 0 Å². The van der Waals surface area contributed by atoms with Gasteiger partial charge in [0.2, 0.25) is 0 Å². The highest BCUT2D eigenvalue weighted by Gasteiger charge is 2.29. The standard InChI is InChI=1S/C9H18N4O2S/c1-6(2)7-11-12-8(16(10,14)15)13(7)9(3,4)5/h6H,1-5H3,(H2,10,14,15). The second-order valence-corrected chi connectivity index (χ2v) is 6.50. The van der Waals surface area contributed by atoms with Crippen molar-refractivity contribution in [2.75, 3.05) is 0 Å². The van der Waals surface area contributed by atoms with Gasteiger partial charge < -0.3 is 0 Å². The summed E-state index contributed by atoms with van der Waals surface area (Å²) >= 11 is 0. The first-order chi connectivity index (χ1) is 7.05. The minimum Gasteiger partial charge on any atom is -0.295 e. The summed E-state index contributed by atoms with van der Waals surface area (Å²) in [6.07, 6.45) is 0. The first-order valence-corrected chi connectivity index (χ1v) is 6.58. The van der Waals surface area contributed by atoms with E-state index in [1.54, 1.807) is 4.57 Å². The van der Waals surface area contributed by atoms with Crippen molar-refractivity contribution in [3.05, 3.63) is 5.82 Å². The van der Waals surface area contributed by atoms with Crippen LogP contribution < -0.4 is 5.14 Å². The number of hydrogen-bond acceptors (Lipinski definition) is 4. The quantitative estimate of drug-likeness (QED) is 0.835. The van der Waals surface area contributed by atoms with Gasteiger partial charge in [0.05, 0.1) is 0 Å². The molecule has 0 amide bonds. The molecule has 0 aliphatic carbocycles. The average Bonchev–Trinajstić information content (AvgIpc) is 2.43. The molecule has 7 heteroatoms. The van der Waals surface area contributed by atoms with Crippen LogP contribution in [0.2, 0.25) is 0 Å². The largest absolute Gasteiger partial charge is 0.295 e. The predicted molar refractivity (Wildman–Crippen MR) is 60.5 cm³/mol. The number of hydrogen-bond donors (Lipinski definition) is 1. The zero-order valence-corrected chi connectivity index (χ0v) is 11.0. The maximum Gasteiger partial charge on any atom is 0.273 e. The van der Waals surface area contributed by atoms with Crippen molar-refractivity contribution in [2.24, 2.45) is 5.14 Å². The third-order valence-corrected chi connectivity index (χ3v) is 2.87. The molecule has 0 aliphatic rings. The van der Waals surface area contributed by atoms with E-state index < -0.39 is 15.6 Å². The van der Waals surface area contributed by atoms with E-state index >= 15 is 0 Å². The Balaban J connectivity index is 3.56. The first-order valence-electron chi connectivity index (χ1n) is 5.03. The lowest BCUT2D eigenvalue weighted by Crippen LogP contribution is -2.30. The molecule has 0 aliphatic heterocycles. The van der Waals surface area contributed by atoms with Crippen LogP contribution in [0.5, 0.6) is 0 Å². The average molecular weight is 246 g/mol. The second-order valence-electron chi connectivity index (χ2n) is 5.05. The van der Waals surface area contributed by atoms with E-state index in [9.17, 15) is 8.42 Å². The molecular formula is C9H18N4O2S. The Kier molecular flexibility index (Phi) is 3.13. The summed E-state index contributed by atoms with van der Waals surface area (Å²) in [5, 5.41) is 12.5. The molecule has 1 aromatic rings. The molecule has 0 bridgehead atoms. The van der Waals surface area contributed by atoms with Gasteiger partial charge in [-0.25, -0.2) is 13.6 Å². The van der Waals surface area contributed by atoms with Crippen molar-refractivity contribution >= 4 is 10.0 Å². The third-order valence-electron chi connectivity index (χ3n) is 2.10. The Bertz CT molecular complexity index is 482. The minimum atomic E-state index is -3.84. The number of nitrogens with zero attached hydrogens (tertiary/aromatic N) is 3. The Labute approximate surface area is 95.9 Å². The number of sulfonamides is 1. The lowest BCUT2D eigenvalue weighted by atomic mass is 10.1. The number of nitrogens with two attached hydrogens (primary N) is 1. The highest BCUT2D eigenvalue weighted by atomic mass is 32.2. The number of primary sulfonamides is 1. The molecule has 1 heterocycles. The van der Waals surface area contributed by atoms with Gasteiger partial charge in [-0.3, -0.25) is 4.57 Å². The van der Waals surface area contributed by atoms with Crippen LogP contribution in [0, 0.1) is 0 Å². The summed E-state index contributed by atoms with van der Waals surface area (Å²) in [7, 11) is -3.84. The highest BCUT2D eigenvalue weighted by Crippen LogP contribution is 2.24. The normalized spacial score (nSPS) is 13.4. The van der Waals surface area contributed by atoms with Crippen LogP contribution in [0.15, 0.2) is 5.16 Å². The molecule has 6 nitrogen and oxygen atoms in total. The predicted octanol–water partition coefficient (Wildman–Crippen LogP) is 0.804. The fourth-order valence-corrected chi connectivity index (χ4v) is 2.25. The van der Waals surface area contributed by atoms with E-state index in [1.807, 2.05) is 34.6 Å². The van der Waals surface area contributed by atoms with E-state index in [1.165, 1.54) is 0 Å². The molecule has 92 valence electrons. The summed E-state index contributed by atoms with van der Waals surface area (Å²) in [4.78, 5) is 0. The van der Waals surface area contributed by atoms with E-state index in [4.69, 9.17) is 5.14 Å². The Morgan fingerprint density at radius 2 is 1.75 bits per heavy atom. The molecule has 0 unspecified atom stereocenters. The molecule has 0 saturated heterocycles. The topological polar surface area (TPSA) is 90.9 Å². The van der Waals surface area contributed by atoms with Crippen LogP contribution in [-0.2, 0) is 15.6 Å². The van der Waals surface area contributed by atoms with Gasteiger partial charge >= 0.3 is 0 Å². The van der Waals surface area contributed by atoms with Crippen LogP contribution in [0.1, 0.15) is 46.4 Å². The van der Waals surface area contributed by atoms with Gasteiger partial charge in [-0.05, 0) is 20.8 Å². The summed E-state index contributed by atoms with van der Waals surface area (Å²) in [6.45, 7) is 9.52. The molecule has 0 spiro atoms. The summed E-state index contributed by atoms with van der Waals surface area (Å²) in [5.41, 5.74) is -0.426. The lowest BCUT2D eigenvalue weighted by Gasteiger charge is -2.25. The maximum absolute atomic E-state index is 11.4. The van der Waals surface area contributed by atoms with Gasteiger partial charge in [0.15, 0.2) is 0 Å². The fourth-order valence-electron chi connectivity index (χ4n) is 1.47. The van der Waals surface area contributed by atoms with E-state index in [2.05, 4.69) is 10.2 Å². The van der Waals surface area contributed by atoms with Crippen LogP contribution >= 0.6 is 0 Å². The summed E-state index contributed by atoms with van der Waals surface area (Å²) in [5.74, 6) is 0.707. The first kappa shape index (κ1) is 13.1. The van der Waals surface area contributed by atoms with Crippen molar-refractivity contribution in [3.8, 4) is 0 Å². The van der Waals surface area contributed by atoms with E-state index in [0.29, 0.717) is 5.82 Å². The summed E-state index contributed by atoms with van der Waals surface area (Å²) < 4.78 is 24.4. The Morgan fingerprint density at radius 3 is 2.06 bits per heavy atom. The van der Waals surface area contributed by atoms with Crippen molar-refractivity contribution < 1.29 is 8.42 Å². The van der Waals surface area contributed by atoms with Gasteiger partial charge in [0.1, 0.15) is 5.82 Å². The number of aromatic nitrogens is 3. The molecular weight excluding hydrogens is 228 g/mol. The minimum absolute atomic E-state index is 0.0854. The SMILES string of the molecule is CC(C)c1nnc(S(N)(=O)=O)n1C(C)(C)C. The van der Waals surface area contributed by atoms with Crippen LogP contribution in [0.3, 0.4) is 0 Å². The third kappa shape index (κ3) is 2.41. The number of rotatable bonds is 2. The van der Waals surface area contributed by atoms with E-state index in [0.717, 1.165) is 0 Å². The van der Waals surface area contributed by atoms with Gasteiger partial charge in [0.25, 0.3) is 15.2 Å². The zero-order valence-electron chi connectivity index (χ0n) is 10.2. The van der Waals surface area contributed by atoms with Crippen molar-refractivity contribution in [1.29, 1.82) is 0 Å². The molecule has 2 N–H and O–H groups in total. The molecule has 0 aromatic carbocycles. The zero-order chi connectivity index (χ0) is 12.7. The van der Waals surface area contributed by atoms with Gasteiger partial charge in [0, 0.05) is 11.5 Å². The van der Waals surface area contributed by atoms with Gasteiger partial charge in [-0.1, -0.05) is 13.8 Å². The van der Waals surface area contributed by atoms with Crippen LogP contribution in [0.25, 0.3) is 0 Å². The molecule has 1 rings (SSSR count). The molecule has 1 aromatic heterocycles. The smallest absolute Gasteiger partial charge is 0.273 e. The molecule has 16 heavy (non-hydrogen) atoms.